The molecule has 0 fully saturated rings. The number of benzene rings is 2. The van der Waals surface area contributed by atoms with Crippen LogP contribution in [0, 0.1) is 11.3 Å². The first-order valence-corrected chi connectivity index (χ1v) is 8.56. The highest BCUT2D eigenvalue weighted by atomic mass is 32.2. The van der Waals surface area contributed by atoms with Gasteiger partial charge in [-0.3, -0.25) is 9.59 Å². The topological polar surface area (TPSA) is 105 Å². The smallest absolute Gasteiger partial charge is 0.316 e. The number of aromatic nitrogens is 1. The predicted octanol–water partition coefficient (Wildman–Crippen LogP) is 2.97. The predicted molar refractivity (Wildman–Crippen MR) is 95.5 cm³/mol. The summed E-state index contributed by atoms with van der Waals surface area (Å²) in [4.78, 5) is 27.8. The van der Waals surface area contributed by atoms with Crippen LogP contribution in [0.25, 0.3) is 11.1 Å². The SMILES string of the molecule is N#Cc1cccc(NC(=O)COC(=O)CSc2nc3ccccc3o2)c1. The number of hydrogen-bond acceptors (Lipinski definition) is 7. The van der Waals surface area contributed by atoms with Crippen molar-refractivity contribution in [2.24, 2.45) is 0 Å². The highest BCUT2D eigenvalue weighted by Gasteiger charge is 2.12. The number of para-hydroxylation sites is 2. The third-order valence-corrected chi connectivity index (χ3v) is 4.03. The van der Waals surface area contributed by atoms with Crippen LogP contribution in [-0.4, -0.2) is 29.2 Å². The number of carbonyl (C=O) groups excluding carboxylic acids is 2. The lowest BCUT2D eigenvalue weighted by molar-refractivity contribution is -0.144. The molecule has 26 heavy (non-hydrogen) atoms. The highest BCUT2D eigenvalue weighted by molar-refractivity contribution is 7.99. The number of carbonyl (C=O) groups is 2. The van der Waals surface area contributed by atoms with Crippen molar-refractivity contribution in [1.29, 1.82) is 5.26 Å². The van der Waals surface area contributed by atoms with E-state index in [9.17, 15) is 9.59 Å². The quantitative estimate of drug-likeness (QED) is 0.527. The molecule has 130 valence electrons. The van der Waals surface area contributed by atoms with E-state index in [1.807, 2.05) is 24.3 Å². The summed E-state index contributed by atoms with van der Waals surface area (Å²) in [6.45, 7) is -0.413. The fourth-order valence-corrected chi connectivity index (χ4v) is 2.72. The molecule has 1 aromatic heterocycles. The molecular formula is C18H13N3O4S. The van der Waals surface area contributed by atoms with Gasteiger partial charge in [-0.25, -0.2) is 4.98 Å². The first-order chi connectivity index (χ1) is 12.6. The number of hydrogen-bond donors (Lipinski definition) is 1. The number of amides is 1. The maximum Gasteiger partial charge on any atom is 0.316 e. The van der Waals surface area contributed by atoms with Crippen LogP contribution < -0.4 is 5.32 Å². The van der Waals surface area contributed by atoms with Crippen LogP contribution >= 0.6 is 11.8 Å². The van der Waals surface area contributed by atoms with E-state index < -0.39 is 18.5 Å². The normalized spacial score (nSPS) is 10.3. The maximum absolute atomic E-state index is 11.8. The molecule has 0 saturated heterocycles. The molecule has 8 heteroatoms. The van der Waals surface area contributed by atoms with Gasteiger partial charge in [-0.1, -0.05) is 30.0 Å². The molecule has 0 atom stereocenters. The van der Waals surface area contributed by atoms with Crippen molar-refractivity contribution in [3.8, 4) is 6.07 Å². The number of rotatable bonds is 6. The van der Waals surface area contributed by atoms with Crippen molar-refractivity contribution in [3.05, 3.63) is 54.1 Å². The Morgan fingerprint density at radius 3 is 2.88 bits per heavy atom. The number of nitrogens with zero attached hydrogens (tertiary/aromatic N) is 2. The van der Waals surface area contributed by atoms with Crippen molar-refractivity contribution in [1.82, 2.24) is 4.98 Å². The molecule has 0 spiro atoms. The molecule has 0 aliphatic heterocycles. The average Bonchev–Trinajstić information content (AvgIpc) is 3.08. The number of fused-ring (bicyclic) bond motifs is 1. The lowest BCUT2D eigenvalue weighted by Crippen LogP contribution is -2.21. The summed E-state index contributed by atoms with van der Waals surface area (Å²) in [7, 11) is 0. The zero-order valence-electron chi connectivity index (χ0n) is 13.5. The van der Waals surface area contributed by atoms with E-state index in [2.05, 4.69) is 10.3 Å². The molecule has 0 aliphatic carbocycles. The van der Waals surface area contributed by atoms with Crippen molar-refractivity contribution in [2.45, 2.75) is 5.22 Å². The maximum atomic E-state index is 11.8. The summed E-state index contributed by atoms with van der Waals surface area (Å²) >= 11 is 1.09. The minimum atomic E-state index is -0.557. The number of nitriles is 1. The molecule has 3 aromatic rings. The van der Waals surface area contributed by atoms with Crippen molar-refractivity contribution in [3.63, 3.8) is 0 Å². The summed E-state index contributed by atoms with van der Waals surface area (Å²) in [6.07, 6.45) is 0. The van der Waals surface area contributed by atoms with E-state index in [0.29, 0.717) is 27.6 Å². The summed E-state index contributed by atoms with van der Waals surface area (Å²) in [5.41, 5.74) is 2.24. The van der Waals surface area contributed by atoms with E-state index in [4.69, 9.17) is 14.4 Å². The Morgan fingerprint density at radius 1 is 1.23 bits per heavy atom. The minimum absolute atomic E-state index is 0.0238. The Kier molecular flexibility index (Phi) is 5.51. The summed E-state index contributed by atoms with van der Waals surface area (Å²) < 4.78 is 10.4. The highest BCUT2D eigenvalue weighted by Crippen LogP contribution is 2.23. The number of ether oxygens (including phenoxy) is 1. The van der Waals surface area contributed by atoms with Gasteiger partial charge in [-0.15, -0.1) is 0 Å². The van der Waals surface area contributed by atoms with Crippen LogP contribution in [-0.2, 0) is 14.3 Å². The standard InChI is InChI=1S/C18H13N3O4S/c19-9-12-4-3-5-13(8-12)20-16(22)10-24-17(23)11-26-18-21-14-6-1-2-7-15(14)25-18/h1-8H,10-11H2,(H,20,22). The van der Waals surface area contributed by atoms with Gasteiger partial charge in [0.25, 0.3) is 11.1 Å². The van der Waals surface area contributed by atoms with Gasteiger partial charge in [0, 0.05) is 5.69 Å². The number of thioether (sulfide) groups is 1. The molecule has 0 radical (unpaired) electrons. The van der Waals surface area contributed by atoms with E-state index >= 15 is 0 Å². The average molecular weight is 367 g/mol. The number of anilines is 1. The van der Waals surface area contributed by atoms with Gasteiger partial charge in [0.05, 0.1) is 11.6 Å². The second-order valence-electron chi connectivity index (χ2n) is 5.14. The van der Waals surface area contributed by atoms with Gasteiger partial charge in [0.1, 0.15) is 11.3 Å². The summed E-state index contributed by atoms with van der Waals surface area (Å²) in [5.74, 6) is -1.07. The number of oxazole rings is 1. The molecule has 0 bridgehead atoms. The number of esters is 1. The van der Waals surface area contributed by atoms with Crippen molar-refractivity contribution >= 4 is 40.4 Å². The minimum Gasteiger partial charge on any atom is -0.455 e. The summed E-state index contributed by atoms with van der Waals surface area (Å²) in [6, 6.07) is 15.7. The van der Waals surface area contributed by atoms with Crippen LogP contribution in [0.2, 0.25) is 0 Å². The Morgan fingerprint density at radius 2 is 2.08 bits per heavy atom. The Hall–Kier alpha value is -3.31. The Balaban J connectivity index is 1.44. The molecule has 1 N–H and O–H groups in total. The molecule has 1 heterocycles. The molecule has 2 aromatic carbocycles. The van der Waals surface area contributed by atoms with Crippen LogP contribution in [0.15, 0.2) is 58.2 Å². The first kappa shape index (κ1) is 17.5. The van der Waals surface area contributed by atoms with Gasteiger partial charge in [-0.2, -0.15) is 5.26 Å². The molecule has 0 unspecified atom stereocenters. The van der Waals surface area contributed by atoms with Gasteiger partial charge < -0.3 is 14.5 Å². The largest absolute Gasteiger partial charge is 0.455 e. The summed E-state index contributed by atoms with van der Waals surface area (Å²) in [5, 5.41) is 11.7. The van der Waals surface area contributed by atoms with E-state index in [1.54, 1.807) is 24.3 Å². The third-order valence-electron chi connectivity index (χ3n) is 3.23. The fourth-order valence-electron chi connectivity index (χ4n) is 2.08. The first-order valence-electron chi connectivity index (χ1n) is 7.58. The fraction of sp³-hybridized carbons (Fsp3) is 0.111. The van der Waals surface area contributed by atoms with Crippen LogP contribution in [0.3, 0.4) is 0 Å². The zero-order chi connectivity index (χ0) is 18.4. The molecule has 7 nitrogen and oxygen atoms in total. The molecular weight excluding hydrogens is 354 g/mol. The molecule has 0 saturated carbocycles. The second-order valence-corrected chi connectivity index (χ2v) is 6.06. The second kappa shape index (κ2) is 8.18. The lowest BCUT2D eigenvalue weighted by atomic mass is 10.2. The number of nitrogens with one attached hydrogen (secondary N) is 1. The third kappa shape index (κ3) is 4.62. The van der Waals surface area contributed by atoms with Gasteiger partial charge in [0.2, 0.25) is 0 Å². The zero-order valence-corrected chi connectivity index (χ0v) is 14.3. The molecule has 3 rings (SSSR count). The van der Waals surface area contributed by atoms with Gasteiger partial charge >= 0.3 is 5.97 Å². The van der Waals surface area contributed by atoms with E-state index in [1.165, 1.54) is 6.07 Å². The molecule has 1 amide bonds. The Bertz CT molecular complexity index is 960. The lowest BCUT2D eigenvalue weighted by Gasteiger charge is -2.06. The Labute approximate surface area is 153 Å². The monoisotopic (exact) mass is 367 g/mol. The van der Waals surface area contributed by atoms with Crippen molar-refractivity contribution in [2.75, 3.05) is 17.7 Å². The van der Waals surface area contributed by atoms with Gasteiger partial charge in [0.15, 0.2) is 12.2 Å². The van der Waals surface area contributed by atoms with E-state index in [0.717, 1.165) is 11.8 Å². The van der Waals surface area contributed by atoms with Crippen LogP contribution in [0.4, 0.5) is 5.69 Å². The van der Waals surface area contributed by atoms with Gasteiger partial charge in [-0.05, 0) is 30.3 Å². The van der Waals surface area contributed by atoms with Crippen molar-refractivity contribution < 1.29 is 18.7 Å². The van der Waals surface area contributed by atoms with Crippen LogP contribution in [0.1, 0.15) is 5.56 Å². The van der Waals surface area contributed by atoms with E-state index in [-0.39, 0.29) is 5.75 Å². The molecule has 0 aliphatic rings. The van der Waals surface area contributed by atoms with Crippen LogP contribution in [0.5, 0.6) is 0 Å².